The highest BCUT2D eigenvalue weighted by Gasteiger charge is 2.15. The minimum Gasteiger partial charge on any atom is -0.485 e. The molecule has 0 saturated heterocycles. The Morgan fingerprint density at radius 3 is 2.77 bits per heavy atom. The van der Waals surface area contributed by atoms with E-state index in [0.29, 0.717) is 11.3 Å². The SMILES string of the molecule is Cc1cc(=O)oc2cc(OCc3noc(C(=O)NCc4ccc(F)cc4)n3)ccc12. The molecule has 1 N–H and O–H groups in total. The monoisotopic (exact) mass is 409 g/mol. The van der Waals surface area contributed by atoms with E-state index < -0.39 is 11.5 Å². The number of carbonyl (C=O) groups is 1. The number of hydrogen-bond donors (Lipinski definition) is 1. The Morgan fingerprint density at radius 2 is 1.97 bits per heavy atom. The molecule has 0 fully saturated rings. The molecule has 0 atom stereocenters. The number of ether oxygens (including phenoxy) is 1. The molecule has 0 aliphatic rings. The van der Waals surface area contributed by atoms with Crippen molar-refractivity contribution in [3.8, 4) is 5.75 Å². The van der Waals surface area contributed by atoms with Crippen molar-refractivity contribution in [2.24, 2.45) is 0 Å². The van der Waals surface area contributed by atoms with Crippen LogP contribution in [0.1, 0.15) is 27.6 Å². The Bertz CT molecular complexity index is 1260. The lowest BCUT2D eigenvalue weighted by atomic mass is 10.1. The maximum absolute atomic E-state index is 12.9. The maximum atomic E-state index is 12.9. The summed E-state index contributed by atoms with van der Waals surface area (Å²) in [6.45, 7) is 1.97. The highest BCUT2D eigenvalue weighted by atomic mass is 19.1. The van der Waals surface area contributed by atoms with Gasteiger partial charge < -0.3 is 19.0 Å². The first kappa shape index (κ1) is 19.3. The van der Waals surface area contributed by atoms with Gasteiger partial charge in [-0.05, 0) is 42.3 Å². The highest BCUT2D eigenvalue weighted by molar-refractivity contribution is 5.89. The first-order chi connectivity index (χ1) is 14.5. The van der Waals surface area contributed by atoms with Crippen molar-refractivity contribution < 1.29 is 22.9 Å². The van der Waals surface area contributed by atoms with E-state index >= 15 is 0 Å². The van der Waals surface area contributed by atoms with Gasteiger partial charge in [0.25, 0.3) is 0 Å². The Balaban J connectivity index is 1.37. The van der Waals surface area contributed by atoms with Crippen molar-refractivity contribution in [3.05, 3.63) is 87.6 Å². The Labute approximate surface area is 169 Å². The summed E-state index contributed by atoms with van der Waals surface area (Å²) >= 11 is 0. The molecular formula is C21H16FN3O5. The van der Waals surface area contributed by atoms with Gasteiger partial charge in [0.1, 0.15) is 17.1 Å². The first-order valence-corrected chi connectivity index (χ1v) is 9.00. The van der Waals surface area contributed by atoms with Crippen LogP contribution in [0.2, 0.25) is 0 Å². The molecule has 0 aliphatic carbocycles. The van der Waals surface area contributed by atoms with E-state index in [2.05, 4.69) is 15.5 Å². The van der Waals surface area contributed by atoms with Crippen LogP contribution in [0.3, 0.4) is 0 Å². The number of hydrogen-bond acceptors (Lipinski definition) is 7. The van der Waals surface area contributed by atoms with Crippen molar-refractivity contribution in [2.75, 3.05) is 0 Å². The topological polar surface area (TPSA) is 107 Å². The molecule has 2 aromatic carbocycles. The molecule has 1 amide bonds. The predicted molar refractivity (Wildman–Crippen MR) is 103 cm³/mol. The normalized spacial score (nSPS) is 10.9. The number of benzene rings is 2. The number of halogens is 1. The Kier molecular flexibility index (Phi) is 5.25. The van der Waals surface area contributed by atoms with Crippen LogP contribution in [0.4, 0.5) is 4.39 Å². The van der Waals surface area contributed by atoms with Gasteiger partial charge in [0.05, 0.1) is 0 Å². The van der Waals surface area contributed by atoms with Crippen molar-refractivity contribution in [2.45, 2.75) is 20.1 Å². The summed E-state index contributed by atoms with van der Waals surface area (Å²) in [6.07, 6.45) is 0. The summed E-state index contributed by atoms with van der Waals surface area (Å²) < 4.78 is 28.6. The fourth-order valence-corrected chi connectivity index (χ4v) is 2.81. The molecule has 0 bridgehead atoms. The van der Waals surface area contributed by atoms with Gasteiger partial charge in [0.2, 0.25) is 5.82 Å². The molecule has 0 aliphatic heterocycles. The molecular weight excluding hydrogens is 393 g/mol. The summed E-state index contributed by atoms with van der Waals surface area (Å²) in [5.74, 6) is -0.497. The van der Waals surface area contributed by atoms with E-state index in [1.54, 1.807) is 30.3 Å². The number of aromatic nitrogens is 2. The summed E-state index contributed by atoms with van der Waals surface area (Å²) in [5, 5.41) is 7.13. The molecule has 8 nitrogen and oxygen atoms in total. The number of nitrogens with one attached hydrogen (secondary N) is 1. The van der Waals surface area contributed by atoms with Crippen LogP contribution >= 0.6 is 0 Å². The van der Waals surface area contributed by atoms with Gasteiger partial charge >= 0.3 is 17.4 Å². The van der Waals surface area contributed by atoms with Crippen LogP contribution in [0, 0.1) is 12.7 Å². The smallest absolute Gasteiger partial charge is 0.336 e. The van der Waals surface area contributed by atoms with E-state index in [9.17, 15) is 14.0 Å². The molecule has 0 unspecified atom stereocenters. The summed E-state index contributed by atoms with van der Waals surface area (Å²) in [6, 6.07) is 12.3. The number of aryl methyl sites for hydroxylation is 1. The second-order valence-corrected chi connectivity index (χ2v) is 6.52. The van der Waals surface area contributed by atoms with Gasteiger partial charge in [-0.2, -0.15) is 4.98 Å². The van der Waals surface area contributed by atoms with E-state index in [4.69, 9.17) is 13.7 Å². The molecule has 0 radical (unpaired) electrons. The second-order valence-electron chi connectivity index (χ2n) is 6.52. The summed E-state index contributed by atoms with van der Waals surface area (Å²) in [4.78, 5) is 27.6. The van der Waals surface area contributed by atoms with Crippen LogP contribution in [0.5, 0.6) is 5.75 Å². The minimum atomic E-state index is -0.555. The van der Waals surface area contributed by atoms with Gasteiger partial charge in [0.15, 0.2) is 6.61 Å². The van der Waals surface area contributed by atoms with Crippen molar-refractivity contribution in [1.82, 2.24) is 15.5 Å². The van der Waals surface area contributed by atoms with E-state index in [1.807, 2.05) is 6.92 Å². The zero-order valence-corrected chi connectivity index (χ0v) is 15.8. The lowest BCUT2D eigenvalue weighted by Crippen LogP contribution is -2.23. The Hall–Kier alpha value is -4.01. The van der Waals surface area contributed by atoms with Crippen LogP contribution in [0.25, 0.3) is 11.0 Å². The lowest BCUT2D eigenvalue weighted by Gasteiger charge is -2.05. The molecule has 4 aromatic rings. The third kappa shape index (κ3) is 4.35. The van der Waals surface area contributed by atoms with Crippen LogP contribution in [-0.2, 0) is 13.2 Å². The molecule has 9 heteroatoms. The van der Waals surface area contributed by atoms with Gasteiger partial charge in [-0.25, -0.2) is 9.18 Å². The van der Waals surface area contributed by atoms with Gasteiger partial charge in [-0.15, -0.1) is 0 Å². The third-order valence-electron chi connectivity index (χ3n) is 4.32. The van der Waals surface area contributed by atoms with Gasteiger partial charge in [-0.3, -0.25) is 4.79 Å². The molecule has 2 aromatic heterocycles. The zero-order valence-electron chi connectivity index (χ0n) is 15.8. The predicted octanol–water partition coefficient (Wildman–Crippen LogP) is 3.13. The van der Waals surface area contributed by atoms with Crippen molar-refractivity contribution in [1.29, 1.82) is 0 Å². The Morgan fingerprint density at radius 1 is 1.17 bits per heavy atom. The quantitative estimate of drug-likeness (QED) is 0.488. The first-order valence-electron chi connectivity index (χ1n) is 9.00. The molecule has 152 valence electrons. The van der Waals surface area contributed by atoms with Crippen molar-refractivity contribution >= 4 is 16.9 Å². The van der Waals surface area contributed by atoms with Crippen LogP contribution < -0.4 is 15.7 Å². The van der Waals surface area contributed by atoms with E-state index in [-0.39, 0.29) is 30.7 Å². The second kappa shape index (κ2) is 8.16. The third-order valence-corrected chi connectivity index (χ3v) is 4.32. The molecule has 0 spiro atoms. The molecule has 30 heavy (non-hydrogen) atoms. The number of carbonyl (C=O) groups excluding carboxylic acids is 1. The van der Waals surface area contributed by atoms with Crippen LogP contribution in [-0.4, -0.2) is 16.0 Å². The standard InChI is InChI=1S/C21H16FN3O5/c1-12-8-19(26)29-17-9-15(6-7-16(12)17)28-11-18-24-21(30-25-18)20(27)23-10-13-2-4-14(22)5-3-13/h2-9H,10-11H2,1H3,(H,23,27). The summed E-state index contributed by atoms with van der Waals surface area (Å²) in [5.41, 5.74) is 1.51. The largest absolute Gasteiger partial charge is 0.485 e. The van der Waals surface area contributed by atoms with Crippen LogP contribution in [0.15, 0.2) is 62.3 Å². The fourth-order valence-electron chi connectivity index (χ4n) is 2.81. The van der Waals surface area contributed by atoms with Gasteiger partial charge in [0, 0.05) is 24.1 Å². The minimum absolute atomic E-state index is 0.0453. The number of amides is 1. The molecule has 4 rings (SSSR count). The van der Waals surface area contributed by atoms with Gasteiger partial charge in [-0.1, -0.05) is 17.3 Å². The number of rotatable bonds is 6. The average molecular weight is 409 g/mol. The number of nitrogens with zero attached hydrogens (tertiary/aromatic N) is 2. The lowest BCUT2D eigenvalue weighted by molar-refractivity contribution is 0.0907. The average Bonchev–Trinajstić information content (AvgIpc) is 3.20. The molecule has 0 saturated carbocycles. The summed E-state index contributed by atoms with van der Waals surface area (Å²) in [7, 11) is 0. The maximum Gasteiger partial charge on any atom is 0.336 e. The van der Waals surface area contributed by atoms with E-state index in [1.165, 1.54) is 18.2 Å². The zero-order chi connectivity index (χ0) is 21.1. The molecule has 2 heterocycles. The van der Waals surface area contributed by atoms with E-state index in [0.717, 1.165) is 16.5 Å². The van der Waals surface area contributed by atoms with Crippen molar-refractivity contribution in [3.63, 3.8) is 0 Å². The highest BCUT2D eigenvalue weighted by Crippen LogP contribution is 2.22. The fraction of sp³-hybridized carbons (Fsp3) is 0.143. The number of fused-ring (bicyclic) bond motifs is 1.